The van der Waals surface area contributed by atoms with Crippen LogP contribution in [0.5, 0.6) is 0 Å². The number of Topliss-reactive ketones (excluding diaryl/α,β-unsaturated/α-hetero) is 1. The second kappa shape index (κ2) is 10.7. The lowest BCUT2D eigenvalue weighted by atomic mass is 9.90. The molecule has 0 spiro atoms. The predicted molar refractivity (Wildman–Crippen MR) is 123 cm³/mol. The van der Waals surface area contributed by atoms with Crippen LogP contribution in [0.4, 0.5) is 0 Å². The highest BCUT2D eigenvalue weighted by Crippen LogP contribution is 2.26. The van der Waals surface area contributed by atoms with Gasteiger partial charge < -0.3 is 9.30 Å². The molecule has 0 bridgehead atoms. The maximum absolute atomic E-state index is 12.9. The predicted octanol–water partition coefficient (Wildman–Crippen LogP) is 4.62. The summed E-state index contributed by atoms with van der Waals surface area (Å²) in [6, 6.07) is 10.0. The summed E-state index contributed by atoms with van der Waals surface area (Å²) in [5, 5.41) is 9.55. The van der Waals surface area contributed by atoms with Crippen LogP contribution in [-0.2, 0) is 24.1 Å². The molecule has 6 nitrogen and oxygen atoms in total. The number of aryl methyl sites for hydroxylation is 2. The van der Waals surface area contributed by atoms with Crippen LogP contribution in [-0.4, -0.2) is 44.5 Å². The molecule has 2 heterocycles. The van der Waals surface area contributed by atoms with Crippen LogP contribution in [0.15, 0.2) is 47.9 Å². The minimum absolute atomic E-state index is 0.132. The van der Waals surface area contributed by atoms with Gasteiger partial charge in [-0.1, -0.05) is 23.9 Å². The Balaban J connectivity index is 1.48. The molecule has 0 amide bonds. The quantitative estimate of drug-likeness (QED) is 0.262. The van der Waals surface area contributed by atoms with E-state index in [2.05, 4.69) is 31.9 Å². The maximum atomic E-state index is 12.9. The molecule has 0 N–H and O–H groups in total. The number of carbonyl (C=O) groups is 1. The third kappa shape index (κ3) is 5.40. The van der Waals surface area contributed by atoms with Gasteiger partial charge in [-0.2, -0.15) is 0 Å². The van der Waals surface area contributed by atoms with E-state index >= 15 is 0 Å². The number of benzene rings is 1. The van der Waals surface area contributed by atoms with Gasteiger partial charge in [-0.3, -0.25) is 9.78 Å². The number of hydrogen-bond donors (Lipinski definition) is 0. The van der Waals surface area contributed by atoms with Gasteiger partial charge >= 0.3 is 0 Å². The Bertz CT molecular complexity index is 1020. The molecule has 0 atom stereocenters. The molecule has 1 aliphatic carbocycles. The van der Waals surface area contributed by atoms with Crippen LogP contribution in [0.25, 0.3) is 11.4 Å². The zero-order chi connectivity index (χ0) is 21.5. The van der Waals surface area contributed by atoms with Crippen molar-refractivity contribution in [2.75, 3.05) is 19.0 Å². The Kier molecular flexibility index (Phi) is 7.48. The van der Waals surface area contributed by atoms with E-state index in [0.29, 0.717) is 19.0 Å². The second-order valence-electron chi connectivity index (χ2n) is 7.65. The molecule has 0 radical (unpaired) electrons. The van der Waals surface area contributed by atoms with Crippen molar-refractivity contribution in [2.24, 2.45) is 0 Å². The number of rotatable bonds is 10. The molecule has 0 unspecified atom stereocenters. The van der Waals surface area contributed by atoms with Gasteiger partial charge in [0.25, 0.3) is 0 Å². The normalized spacial score (nSPS) is 13.2. The summed E-state index contributed by atoms with van der Waals surface area (Å²) in [6.07, 6.45) is 9.02. The summed E-state index contributed by atoms with van der Waals surface area (Å²) in [5.41, 5.74) is 4.49. The lowest BCUT2D eigenvalue weighted by Crippen LogP contribution is -2.09. The molecule has 3 aromatic rings. The number of fused-ring (bicyclic) bond motifs is 1. The number of ether oxygens (including phenoxy) is 1. The van der Waals surface area contributed by atoms with Crippen LogP contribution < -0.4 is 0 Å². The van der Waals surface area contributed by atoms with Crippen LogP contribution >= 0.6 is 11.8 Å². The van der Waals surface area contributed by atoms with Crippen molar-refractivity contribution in [1.82, 2.24) is 19.7 Å². The van der Waals surface area contributed by atoms with Crippen LogP contribution in [0.3, 0.4) is 0 Å². The van der Waals surface area contributed by atoms with Crippen molar-refractivity contribution < 1.29 is 9.53 Å². The Morgan fingerprint density at radius 1 is 1.10 bits per heavy atom. The first-order valence-electron chi connectivity index (χ1n) is 11.0. The van der Waals surface area contributed by atoms with E-state index in [1.54, 1.807) is 12.4 Å². The van der Waals surface area contributed by atoms with Crippen molar-refractivity contribution in [3.8, 4) is 11.4 Å². The Hall–Kier alpha value is -2.51. The summed E-state index contributed by atoms with van der Waals surface area (Å²) in [5.74, 6) is 1.27. The van der Waals surface area contributed by atoms with E-state index in [4.69, 9.17) is 4.74 Å². The van der Waals surface area contributed by atoms with Crippen molar-refractivity contribution in [1.29, 1.82) is 0 Å². The molecule has 1 aliphatic rings. The third-order valence-electron chi connectivity index (χ3n) is 5.53. The molecule has 7 heteroatoms. The Morgan fingerprint density at radius 3 is 2.71 bits per heavy atom. The number of carbonyl (C=O) groups excluding carboxylic acids is 1. The molecule has 0 saturated heterocycles. The molecule has 2 aromatic heterocycles. The van der Waals surface area contributed by atoms with E-state index in [0.717, 1.165) is 47.9 Å². The topological polar surface area (TPSA) is 69.9 Å². The number of thioether (sulfide) groups is 1. The van der Waals surface area contributed by atoms with Crippen LogP contribution in [0.2, 0.25) is 0 Å². The lowest BCUT2D eigenvalue weighted by Gasteiger charge is -2.16. The van der Waals surface area contributed by atoms with E-state index < -0.39 is 0 Å². The monoisotopic (exact) mass is 436 g/mol. The van der Waals surface area contributed by atoms with Gasteiger partial charge in [0.15, 0.2) is 16.8 Å². The number of pyridine rings is 1. The molecule has 0 fully saturated rings. The summed E-state index contributed by atoms with van der Waals surface area (Å²) >= 11 is 1.45. The van der Waals surface area contributed by atoms with Gasteiger partial charge in [-0.05, 0) is 68.4 Å². The van der Waals surface area contributed by atoms with Gasteiger partial charge in [-0.15, -0.1) is 10.2 Å². The number of nitrogens with zero attached hydrogens (tertiary/aromatic N) is 4. The molecule has 31 heavy (non-hydrogen) atoms. The first-order chi connectivity index (χ1) is 15.3. The summed E-state index contributed by atoms with van der Waals surface area (Å²) in [7, 11) is 0. The van der Waals surface area contributed by atoms with E-state index in [1.165, 1.54) is 35.7 Å². The second-order valence-corrected chi connectivity index (χ2v) is 8.59. The third-order valence-corrected chi connectivity index (χ3v) is 6.50. The largest absolute Gasteiger partial charge is 0.382 e. The van der Waals surface area contributed by atoms with Crippen molar-refractivity contribution in [3.63, 3.8) is 0 Å². The molecule has 4 rings (SSSR count). The van der Waals surface area contributed by atoms with Gasteiger partial charge in [0.05, 0.1) is 5.75 Å². The standard InChI is InChI=1S/C24H28N4O2S/c1-2-30-15-5-14-28-23(19-10-12-25-13-11-19)26-27-24(28)31-17-22(29)21-9-8-18-6-3-4-7-20(18)16-21/h8-13,16H,2-7,14-15,17H2,1H3. The SMILES string of the molecule is CCOCCCn1c(SCC(=O)c2ccc3c(c2)CCCC3)nnc1-c1ccncc1. The van der Waals surface area contributed by atoms with E-state index in [-0.39, 0.29) is 5.78 Å². The first kappa shape index (κ1) is 21.7. The van der Waals surface area contributed by atoms with Crippen molar-refractivity contribution in [3.05, 3.63) is 59.4 Å². The fourth-order valence-corrected chi connectivity index (χ4v) is 4.76. The highest BCUT2D eigenvalue weighted by molar-refractivity contribution is 7.99. The molecular formula is C24H28N4O2S. The van der Waals surface area contributed by atoms with E-state index in [9.17, 15) is 4.79 Å². The summed E-state index contributed by atoms with van der Waals surface area (Å²) in [6.45, 7) is 4.12. The smallest absolute Gasteiger partial charge is 0.191 e. The maximum Gasteiger partial charge on any atom is 0.191 e. The first-order valence-corrected chi connectivity index (χ1v) is 11.9. The van der Waals surface area contributed by atoms with Crippen molar-refractivity contribution >= 4 is 17.5 Å². The van der Waals surface area contributed by atoms with Gasteiger partial charge in [-0.25, -0.2) is 0 Å². The average molecular weight is 437 g/mol. The molecule has 0 saturated carbocycles. The molecule has 0 aliphatic heterocycles. The fourth-order valence-electron chi connectivity index (χ4n) is 3.90. The minimum atomic E-state index is 0.132. The van der Waals surface area contributed by atoms with Crippen LogP contribution in [0, 0.1) is 0 Å². The summed E-state index contributed by atoms with van der Waals surface area (Å²) < 4.78 is 7.58. The lowest BCUT2D eigenvalue weighted by molar-refractivity contribution is 0.102. The van der Waals surface area contributed by atoms with Crippen LogP contribution in [0.1, 0.15) is 47.7 Å². The van der Waals surface area contributed by atoms with E-state index in [1.807, 2.05) is 25.1 Å². The Morgan fingerprint density at radius 2 is 1.90 bits per heavy atom. The molecular weight excluding hydrogens is 408 g/mol. The summed E-state index contributed by atoms with van der Waals surface area (Å²) in [4.78, 5) is 17.0. The fraction of sp³-hybridized carbons (Fsp3) is 0.417. The highest BCUT2D eigenvalue weighted by Gasteiger charge is 2.17. The minimum Gasteiger partial charge on any atom is -0.382 e. The average Bonchev–Trinajstić information content (AvgIpc) is 3.23. The zero-order valence-corrected chi connectivity index (χ0v) is 18.7. The number of aromatic nitrogens is 4. The van der Waals surface area contributed by atoms with Gasteiger partial charge in [0.1, 0.15) is 0 Å². The molecule has 1 aromatic carbocycles. The van der Waals surface area contributed by atoms with Gasteiger partial charge in [0.2, 0.25) is 0 Å². The highest BCUT2D eigenvalue weighted by atomic mass is 32.2. The molecule has 162 valence electrons. The van der Waals surface area contributed by atoms with Crippen molar-refractivity contribution in [2.45, 2.75) is 50.7 Å². The number of hydrogen-bond acceptors (Lipinski definition) is 6. The Labute approximate surface area is 187 Å². The van der Waals surface area contributed by atoms with Gasteiger partial charge in [0, 0.05) is 43.3 Å². The zero-order valence-electron chi connectivity index (χ0n) is 17.9. The number of ketones is 1.